The minimum Gasteiger partial charge on any atom is -0.493 e. The van der Waals surface area contributed by atoms with Crippen LogP contribution in [0, 0.1) is 0 Å². The molecule has 1 atom stereocenters. The number of hydrogen-bond donors (Lipinski definition) is 1. The Morgan fingerprint density at radius 1 is 1.21 bits per heavy atom. The summed E-state index contributed by atoms with van der Waals surface area (Å²) in [7, 11) is 3.17. The number of fused-ring (bicyclic) bond motifs is 1. The fourth-order valence-corrected chi connectivity index (χ4v) is 3.93. The first kappa shape index (κ1) is 18.6. The number of aromatic nitrogens is 1. The van der Waals surface area contributed by atoms with Gasteiger partial charge in [-0.2, -0.15) is 0 Å². The number of benzene rings is 2. The monoisotopic (exact) mass is 416 g/mol. The molecule has 0 saturated carbocycles. The van der Waals surface area contributed by atoms with Crippen molar-refractivity contribution in [3.63, 3.8) is 0 Å². The van der Waals surface area contributed by atoms with Gasteiger partial charge in [0.1, 0.15) is 5.75 Å². The molecular weight excluding hydrogens is 400 g/mol. The van der Waals surface area contributed by atoms with Crippen molar-refractivity contribution in [2.24, 2.45) is 0 Å². The summed E-state index contributed by atoms with van der Waals surface area (Å²) in [5.41, 5.74) is 2.54. The molecule has 0 fully saturated rings. The molecule has 2 aromatic carbocycles. The summed E-state index contributed by atoms with van der Waals surface area (Å²) < 4.78 is 16.3. The maximum absolute atomic E-state index is 12.6. The Labute approximate surface area is 171 Å². The minimum absolute atomic E-state index is 0.236. The Morgan fingerprint density at radius 2 is 2.04 bits per heavy atom. The average Bonchev–Trinajstić information content (AvgIpc) is 3.34. The lowest BCUT2D eigenvalue weighted by Gasteiger charge is -2.09. The van der Waals surface area contributed by atoms with Crippen LogP contribution in [0.3, 0.4) is 0 Å². The first-order valence-corrected chi connectivity index (χ1v) is 9.77. The molecule has 1 aromatic heterocycles. The van der Waals surface area contributed by atoms with Crippen LogP contribution in [0.1, 0.15) is 5.56 Å². The van der Waals surface area contributed by atoms with E-state index in [9.17, 15) is 4.79 Å². The molecule has 3 aromatic rings. The highest BCUT2D eigenvalue weighted by Crippen LogP contribution is 2.34. The van der Waals surface area contributed by atoms with Crippen LogP contribution >= 0.6 is 22.9 Å². The number of nitrogens with zero attached hydrogens (tertiary/aromatic N) is 1. The van der Waals surface area contributed by atoms with Crippen molar-refractivity contribution in [2.75, 3.05) is 19.5 Å². The van der Waals surface area contributed by atoms with E-state index in [-0.39, 0.29) is 5.91 Å². The zero-order valence-corrected chi connectivity index (χ0v) is 16.8. The fraction of sp³-hybridized carbons (Fsp3) is 0.200. The second kappa shape index (κ2) is 7.69. The number of carbonyl (C=O) groups is 1. The molecule has 1 aliphatic heterocycles. The Balaban J connectivity index is 1.46. The van der Waals surface area contributed by atoms with Gasteiger partial charge in [-0.25, -0.2) is 4.98 Å². The quantitative estimate of drug-likeness (QED) is 0.666. The van der Waals surface area contributed by atoms with Crippen LogP contribution in [0.15, 0.2) is 41.8 Å². The molecule has 0 bridgehead atoms. The summed E-state index contributed by atoms with van der Waals surface area (Å²) in [6, 6.07) is 10.9. The van der Waals surface area contributed by atoms with Crippen LogP contribution in [0.2, 0.25) is 5.02 Å². The second-order valence-electron chi connectivity index (χ2n) is 6.16. The topological polar surface area (TPSA) is 69.7 Å². The van der Waals surface area contributed by atoms with Crippen molar-refractivity contribution < 1.29 is 19.0 Å². The highest BCUT2D eigenvalue weighted by atomic mass is 35.5. The van der Waals surface area contributed by atoms with E-state index >= 15 is 0 Å². The molecule has 8 heteroatoms. The molecular formula is C20H17ClN2O4S. The number of anilines is 1. The summed E-state index contributed by atoms with van der Waals surface area (Å²) in [6.07, 6.45) is -0.114. The van der Waals surface area contributed by atoms with E-state index in [1.54, 1.807) is 26.4 Å². The SMILES string of the molecule is COc1ccc(-c2csc(NC(=O)[C@@H]3Cc4cc(Cl)ccc4O3)n2)cc1OC. The lowest BCUT2D eigenvalue weighted by molar-refractivity contribution is -0.122. The lowest BCUT2D eigenvalue weighted by Crippen LogP contribution is -2.31. The van der Waals surface area contributed by atoms with Gasteiger partial charge in [0, 0.05) is 22.4 Å². The third-order valence-corrected chi connectivity index (χ3v) is 5.40. The molecule has 2 heterocycles. The Bertz CT molecular complexity index is 1040. The van der Waals surface area contributed by atoms with Gasteiger partial charge in [-0.1, -0.05) is 11.6 Å². The van der Waals surface area contributed by atoms with Gasteiger partial charge >= 0.3 is 0 Å². The summed E-state index contributed by atoms with van der Waals surface area (Å²) in [5.74, 6) is 1.72. The third-order valence-electron chi connectivity index (χ3n) is 4.40. The average molecular weight is 417 g/mol. The van der Waals surface area contributed by atoms with Crippen LogP contribution in [-0.2, 0) is 11.2 Å². The van der Waals surface area contributed by atoms with E-state index in [0.717, 1.165) is 16.8 Å². The van der Waals surface area contributed by atoms with Crippen molar-refractivity contribution in [1.82, 2.24) is 4.98 Å². The Kier molecular flexibility index (Phi) is 5.11. The van der Waals surface area contributed by atoms with Crippen molar-refractivity contribution in [2.45, 2.75) is 12.5 Å². The summed E-state index contributed by atoms with van der Waals surface area (Å²) in [5, 5.41) is 5.84. The number of carbonyl (C=O) groups excluding carboxylic acids is 1. The summed E-state index contributed by atoms with van der Waals surface area (Å²) in [4.78, 5) is 17.1. The van der Waals surface area contributed by atoms with Crippen LogP contribution in [0.5, 0.6) is 17.2 Å². The number of thiazole rings is 1. The van der Waals surface area contributed by atoms with Gasteiger partial charge in [0.2, 0.25) is 0 Å². The van der Waals surface area contributed by atoms with E-state index in [0.29, 0.717) is 33.8 Å². The zero-order valence-electron chi connectivity index (χ0n) is 15.2. The summed E-state index contributed by atoms with van der Waals surface area (Å²) in [6.45, 7) is 0. The van der Waals surface area contributed by atoms with Crippen LogP contribution in [0.4, 0.5) is 5.13 Å². The molecule has 1 N–H and O–H groups in total. The molecule has 0 radical (unpaired) electrons. The van der Waals surface area contributed by atoms with Gasteiger partial charge in [0.15, 0.2) is 22.7 Å². The van der Waals surface area contributed by atoms with Crippen LogP contribution in [0.25, 0.3) is 11.3 Å². The number of ether oxygens (including phenoxy) is 3. The first-order chi connectivity index (χ1) is 13.6. The maximum atomic E-state index is 12.6. The molecule has 0 spiro atoms. The normalized spacial score (nSPS) is 14.9. The molecule has 0 saturated heterocycles. The Morgan fingerprint density at radius 3 is 2.82 bits per heavy atom. The number of rotatable bonds is 5. The van der Waals surface area contributed by atoms with Crippen LogP contribution in [-0.4, -0.2) is 31.2 Å². The fourth-order valence-electron chi connectivity index (χ4n) is 3.01. The van der Waals surface area contributed by atoms with E-state index in [4.69, 9.17) is 25.8 Å². The van der Waals surface area contributed by atoms with Gasteiger partial charge in [-0.15, -0.1) is 11.3 Å². The first-order valence-electron chi connectivity index (χ1n) is 8.51. The van der Waals surface area contributed by atoms with Crippen molar-refractivity contribution in [1.29, 1.82) is 0 Å². The highest BCUT2D eigenvalue weighted by molar-refractivity contribution is 7.14. The molecule has 1 aliphatic rings. The molecule has 0 aliphatic carbocycles. The third kappa shape index (κ3) is 3.63. The lowest BCUT2D eigenvalue weighted by atomic mass is 10.1. The maximum Gasteiger partial charge on any atom is 0.267 e. The Hall–Kier alpha value is -2.77. The largest absolute Gasteiger partial charge is 0.493 e. The number of amides is 1. The van der Waals surface area contributed by atoms with Gasteiger partial charge < -0.3 is 14.2 Å². The summed E-state index contributed by atoms with van der Waals surface area (Å²) >= 11 is 7.35. The van der Waals surface area contributed by atoms with Gasteiger partial charge in [0.05, 0.1) is 19.9 Å². The molecule has 0 unspecified atom stereocenters. The van der Waals surface area contributed by atoms with E-state index in [1.165, 1.54) is 11.3 Å². The van der Waals surface area contributed by atoms with Gasteiger partial charge in [0.25, 0.3) is 5.91 Å². The molecule has 28 heavy (non-hydrogen) atoms. The molecule has 144 valence electrons. The van der Waals surface area contributed by atoms with Gasteiger partial charge in [-0.3, -0.25) is 10.1 Å². The number of nitrogens with one attached hydrogen (secondary N) is 1. The van der Waals surface area contributed by atoms with E-state index in [2.05, 4.69) is 10.3 Å². The highest BCUT2D eigenvalue weighted by Gasteiger charge is 2.29. The van der Waals surface area contributed by atoms with Crippen LogP contribution < -0.4 is 19.5 Å². The standard InChI is InChI=1S/C20H17ClN2O4S/c1-25-16-5-3-11(8-17(16)26-2)14-10-28-20(22-14)23-19(24)18-9-12-7-13(21)4-6-15(12)27-18/h3-8,10,18H,9H2,1-2H3,(H,22,23,24)/t18-/m0/s1. The number of halogens is 1. The molecule has 1 amide bonds. The predicted octanol–water partition coefficient (Wildman–Crippen LogP) is 4.42. The minimum atomic E-state index is -0.595. The number of hydrogen-bond acceptors (Lipinski definition) is 6. The smallest absolute Gasteiger partial charge is 0.267 e. The van der Waals surface area contributed by atoms with E-state index < -0.39 is 6.10 Å². The number of methoxy groups -OCH3 is 2. The molecule has 4 rings (SSSR count). The molecule has 6 nitrogen and oxygen atoms in total. The van der Waals surface area contributed by atoms with Crippen molar-refractivity contribution >= 4 is 34.0 Å². The predicted molar refractivity (Wildman–Crippen MR) is 109 cm³/mol. The van der Waals surface area contributed by atoms with Gasteiger partial charge in [-0.05, 0) is 42.0 Å². The van der Waals surface area contributed by atoms with Crippen molar-refractivity contribution in [3.05, 3.63) is 52.4 Å². The van der Waals surface area contributed by atoms with E-state index in [1.807, 2.05) is 29.6 Å². The second-order valence-corrected chi connectivity index (χ2v) is 7.45. The zero-order chi connectivity index (χ0) is 19.7. The van der Waals surface area contributed by atoms with Crippen molar-refractivity contribution in [3.8, 4) is 28.5 Å².